The summed E-state index contributed by atoms with van der Waals surface area (Å²) in [5, 5.41) is 3.22. The molecule has 0 heterocycles. The molecule has 1 heteroatoms. The van der Waals surface area contributed by atoms with Crippen LogP contribution in [0, 0.1) is 59.7 Å². The predicted molar refractivity (Wildman–Crippen MR) is 74.4 cm³/mol. The smallest absolute Gasteiger partial charge is 0.0590 e. The van der Waals surface area contributed by atoms with Crippen LogP contribution in [-0.2, 0) is 0 Å². The van der Waals surface area contributed by atoms with Crippen LogP contribution in [-0.4, -0.2) is 12.1 Å². The second-order valence-electron chi connectivity index (χ2n) is 3.80. The minimum atomic E-state index is 0. The second kappa shape index (κ2) is 10.3. The van der Waals surface area contributed by atoms with E-state index < -0.39 is 0 Å². The molecule has 0 aliphatic heterocycles. The van der Waals surface area contributed by atoms with Crippen LogP contribution in [0.3, 0.4) is 0 Å². The summed E-state index contributed by atoms with van der Waals surface area (Å²) >= 11 is 0. The van der Waals surface area contributed by atoms with Crippen molar-refractivity contribution in [1.29, 1.82) is 0 Å². The molecule has 0 aromatic rings. The Morgan fingerprint density at radius 3 is 1.82 bits per heavy atom. The fourth-order valence-corrected chi connectivity index (χ4v) is 0.590. The van der Waals surface area contributed by atoms with E-state index in [0.717, 1.165) is 0 Å². The highest BCUT2D eigenvalue weighted by molar-refractivity contribution is 5.42. The average molecular weight is 223 g/mol. The van der Waals surface area contributed by atoms with Crippen molar-refractivity contribution in [2.45, 2.75) is 33.7 Å². The second-order valence-corrected chi connectivity index (χ2v) is 3.80. The normalized spacial score (nSPS) is 6.94. The van der Waals surface area contributed by atoms with Crippen LogP contribution in [0.25, 0.3) is 0 Å². The number of hydrogen-bond acceptors (Lipinski definition) is 1. The van der Waals surface area contributed by atoms with E-state index in [1.165, 1.54) is 0 Å². The van der Waals surface area contributed by atoms with Crippen LogP contribution >= 0.6 is 0 Å². The molecule has 17 heavy (non-hydrogen) atoms. The van der Waals surface area contributed by atoms with Crippen molar-refractivity contribution in [3.63, 3.8) is 0 Å². The van der Waals surface area contributed by atoms with Crippen molar-refractivity contribution in [2.24, 2.45) is 0 Å². The van der Waals surface area contributed by atoms with Crippen molar-refractivity contribution >= 4 is 0 Å². The lowest BCUT2D eigenvalue weighted by molar-refractivity contribution is 0.452. The summed E-state index contributed by atoms with van der Waals surface area (Å²) in [6.07, 6.45) is 4.90. The molecular formula is C16H17N. The van der Waals surface area contributed by atoms with Gasteiger partial charge in [0.05, 0.1) is 6.54 Å². The van der Waals surface area contributed by atoms with Crippen LogP contribution < -0.4 is 5.32 Å². The van der Waals surface area contributed by atoms with Gasteiger partial charge in [-0.25, -0.2) is 0 Å². The van der Waals surface area contributed by atoms with Gasteiger partial charge < -0.3 is 5.32 Å². The Morgan fingerprint density at radius 2 is 1.35 bits per heavy atom. The Labute approximate surface area is 106 Å². The van der Waals surface area contributed by atoms with Gasteiger partial charge in [-0.3, -0.25) is 0 Å². The van der Waals surface area contributed by atoms with E-state index in [9.17, 15) is 0 Å². The summed E-state index contributed by atoms with van der Waals surface area (Å²) in [4.78, 5) is 0. The minimum Gasteiger partial charge on any atom is -0.301 e. The first-order valence-electron chi connectivity index (χ1n) is 4.75. The summed E-state index contributed by atoms with van der Waals surface area (Å²) in [5.41, 5.74) is 0.0761. The third-order valence-electron chi connectivity index (χ3n) is 1.24. The lowest BCUT2D eigenvalue weighted by Gasteiger charge is -2.17. The molecule has 0 bridgehead atoms. The zero-order valence-electron chi connectivity index (χ0n) is 9.78. The predicted octanol–water partition coefficient (Wildman–Crippen LogP) is 1.66. The maximum Gasteiger partial charge on any atom is 0.0590 e. The first-order valence-corrected chi connectivity index (χ1v) is 4.75. The number of hydrogen-bond donors (Lipinski definition) is 1. The molecule has 0 rings (SSSR count). The molecule has 0 saturated carbocycles. The third kappa shape index (κ3) is 16.4. The van der Waals surface area contributed by atoms with Crippen molar-refractivity contribution in [3.8, 4) is 59.7 Å². The van der Waals surface area contributed by atoms with Crippen LogP contribution in [0.4, 0.5) is 0 Å². The molecule has 86 valence electrons. The van der Waals surface area contributed by atoms with E-state index >= 15 is 0 Å². The molecule has 0 spiro atoms. The Bertz CT molecular complexity index is 494. The molecule has 1 nitrogen and oxygen atoms in total. The van der Waals surface area contributed by atoms with Gasteiger partial charge in [0, 0.05) is 5.54 Å². The standard InChI is InChI=1S/C15H13N.CH4/c1-5-6-7-8-9-10-11-12-13-14-16-15(2,3)4;/h1,16H,14H2,2-4H3;1H4. The summed E-state index contributed by atoms with van der Waals surface area (Å²) < 4.78 is 0. The number of nitrogens with one attached hydrogen (secondary N) is 1. The van der Waals surface area contributed by atoms with Gasteiger partial charge >= 0.3 is 0 Å². The molecule has 1 N–H and O–H groups in total. The Balaban J connectivity index is 0. The SMILES string of the molecule is C.C#CC#CC#CC#CC#CCNC(C)(C)C. The zero-order chi connectivity index (χ0) is 12.3. The Kier molecular flexibility index (Phi) is 10.4. The van der Waals surface area contributed by atoms with E-state index in [-0.39, 0.29) is 13.0 Å². The first-order chi connectivity index (χ1) is 7.56. The number of rotatable bonds is 1. The monoisotopic (exact) mass is 223 g/mol. The van der Waals surface area contributed by atoms with E-state index in [4.69, 9.17) is 6.42 Å². The van der Waals surface area contributed by atoms with Crippen LogP contribution in [0.2, 0.25) is 0 Å². The summed E-state index contributed by atoms with van der Waals surface area (Å²) in [5.74, 6) is 22.7. The molecule has 0 unspecified atom stereocenters. The van der Waals surface area contributed by atoms with Gasteiger partial charge in [0.2, 0.25) is 0 Å². The molecule has 0 aromatic carbocycles. The molecule has 0 amide bonds. The maximum atomic E-state index is 4.90. The highest BCUT2D eigenvalue weighted by atomic mass is 14.9. The molecule has 0 fully saturated rings. The van der Waals surface area contributed by atoms with Gasteiger partial charge in [-0.05, 0) is 68.1 Å². The van der Waals surface area contributed by atoms with Gasteiger partial charge in [-0.15, -0.1) is 6.42 Å². The lowest BCUT2D eigenvalue weighted by atomic mass is 10.1. The van der Waals surface area contributed by atoms with Gasteiger partial charge in [-0.2, -0.15) is 0 Å². The van der Waals surface area contributed by atoms with Crippen LogP contribution in [0.1, 0.15) is 28.2 Å². The van der Waals surface area contributed by atoms with Gasteiger partial charge in [-0.1, -0.05) is 13.3 Å². The molecule has 0 radical (unpaired) electrons. The quantitative estimate of drug-likeness (QED) is 0.667. The third-order valence-corrected chi connectivity index (χ3v) is 1.24. The summed E-state index contributed by atoms with van der Waals surface area (Å²) in [7, 11) is 0. The van der Waals surface area contributed by atoms with Crippen molar-refractivity contribution in [2.75, 3.05) is 6.54 Å². The molecule has 0 atom stereocenters. The first kappa shape index (κ1) is 17.2. The largest absolute Gasteiger partial charge is 0.301 e. The van der Waals surface area contributed by atoms with Crippen molar-refractivity contribution in [3.05, 3.63) is 0 Å². The highest BCUT2D eigenvalue weighted by Crippen LogP contribution is 1.95. The Morgan fingerprint density at radius 1 is 0.882 bits per heavy atom. The highest BCUT2D eigenvalue weighted by Gasteiger charge is 2.05. The summed E-state index contributed by atoms with van der Waals surface area (Å²) in [6, 6.07) is 0. The number of terminal acetylenes is 1. The fraction of sp³-hybridized carbons (Fsp3) is 0.375. The van der Waals surface area contributed by atoms with Crippen LogP contribution in [0.15, 0.2) is 0 Å². The maximum absolute atomic E-state index is 4.90. The molecular weight excluding hydrogens is 206 g/mol. The Hall–Kier alpha value is -2.24. The van der Waals surface area contributed by atoms with Gasteiger partial charge in [0.1, 0.15) is 0 Å². The van der Waals surface area contributed by atoms with E-state index in [1.54, 1.807) is 0 Å². The lowest BCUT2D eigenvalue weighted by Crippen LogP contribution is -2.35. The molecule has 0 aliphatic carbocycles. The average Bonchev–Trinajstić information content (AvgIpc) is 2.19. The van der Waals surface area contributed by atoms with Gasteiger partial charge in [0.15, 0.2) is 0 Å². The van der Waals surface area contributed by atoms with Crippen molar-refractivity contribution < 1.29 is 0 Å². The summed E-state index contributed by atoms with van der Waals surface area (Å²) in [6.45, 7) is 6.85. The minimum absolute atomic E-state index is 0. The van der Waals surface area contributed by atoms with Gasteiger partial charge in [0.25, 0.3) is 0 Å². The van der Waals surface area contributed by atoms with E-state index in [2.05, 4.69) is 79.4 Å². The zero-order valence-corrected chi connectivity index (χ0v) is 9.78. The van der Waals surface area contributed by atoms with E-state index in [0.29, 0.717) is 6.54 Å². The topological polar surface area (TPSA) is 12.0 Å². The molecule has 0 saturated heterocycles. The fourth-order valence-electron chi connectivity index (χ4n) is 0.590. The van der Waals surface area contributed by atoms with Crippen molar-refractivity contribution in [1.82, 2.24) is 5.32 Å². The molecule has 0 aromatic heterocycles. The van der Waals surface area contributed by atoms with Crippen LogP contribution in [0.5, 0.6) is 0 Å². The molecule has 0 aliphatic rings. The van der Waals surface area contributed by atoms with E-state index in [1.807, 2.05) is 0 Å².